The van der Waals surface area contributed by atoms with Crippen molar-refractivity contribution >= 4 is 53.2 Å². The average Bonchev–Trinajstić information content (AvgIpc) is 3.67. The van der Waals surface area contributed by atoms with Gasteiger partial charge in [-0.25, -0.2) is 0 Å². The zero-order valence-electron chi connectivity index (χ0n) is 32.0. The summed E-state index contributed by atoms with van der Waals surface area (Å²) in [5, 5.41) is 5.55. The van der Waals surface area contributed by atoms with E-state index in [1.54, 1.807) is 0 Å². The number of fused-ring (bicyclic) bond motifs is 2. The van der Waals surface area contributed by atoms with Crippen molar-refractivity contribution in [2.75, 3.05) is 6.61 Å². The van der Waals surface area contributed by atoms with Crippen LogP contribution in [0, 0.1) is 21.8 Å². The fraction of sp³-hybridized carbons (Fsp3) is 0.304. The van der Waals surface area contributed by atoms with Crippen molar-refractivity contribution in [3.63, 3.8) is 0 Å². The van der Waals surface area contributed by atoms with E-state index in [2.05, 4.69) is 164 Å². The number of halogens is 2. The van der Waals surface area contributed by atoms with E-state index in [4.69, 9.17) is 4.74 Å². The summed E-state index contributed by atoms with van der Waals surface area (Å²) >= 11 is 1.36. The van der Waals surface area contributed by atoms with Crippen LogP contribution in [0.4, 0.5) is 0 Å². The Morgan fingerprint density at radius 3 is 1.76 bits per heavy atom. The first-order valence-corrected chi connectivity index (χ1v) is 21.3. The van der Waals surface area contributed by atoms with Crippen molar-refractivity contribution in [2.24, 2.45) is 0 Å². The molecule has 5 heteroatoms. The summed E-state index contributed by atoms with van der Waals surface area (Å²) in [7, 11) is 0. The van der Waals surface area contributed by atoms with Gasteiger partial charge in [-0.15, -0.1) is 99.4 Å². The van der Waals surface area contributed by atoms with Crippen LogP contribution in [0.3, 0.4) is 0 Å². The molecule has 0 aromatic heterocycles. The fourth-order valence-corrected chi connectivity index (χ4v) is 6.32. The predicted molar refractivity (Wildman–Crippen MR) is 230 cm³/mol. The van der Waals surface area contributed by atoms with Crippen LogP contribution < -0.4 is 0 Å². The summed E-state index contributed by atoms with van der Waals surface area (Å²) in [6, 6.07) is 41.7. The average molecular weight is 817 g/mol. The first-order chi connectivity index (χ1) is 22.7. The third kappa shape index (κ3) is 13.9. The van der Waals surface area contributed by atoms with Crippen LogP contribution >= 0.6 is 24.8 Å². The molecule has 1 nitrogen and oxygen atoms in total. The number of hydrogen-bond donors (Lipinski definition) is 0. The number of unbranched alkanes of at least 4 members (excludes halogenated alkanes) is 3. The molecule has 0 fully saturated rings. The summed E-state index contributed by atoms with van der Waals surface area (Å²) < 4.78 is 5.82. The summed E-state index contributed by atoms with van der Waals surface area (Å²) in [5.41, 5.74) is 9.69. The van der Waals surface area contributed by atoms with E-state index in [-0.39, 0.29) is 45.3 Å². The van der Waals surface area contributed by atoms with Crippen LogP contribution in [-0.4, -0.2) is 19.1 Å². The van der Waals surface area contributed by atoms with E-state index in [1.165, 1.54) is 110 Å². The minimum absolute atomic E-state index is 0. The van der Waals surface area contributed by atoms with E-state index >= 15 is 0 Å². The molecule has 0 spiro atoms. The molecule has 0 amide bonds. The Bertz CT molecular complexity index is 1820. The van der Waals surface area contributed by atoms with Gasteiger partial charge in [0.2, 0.25) is 0 Å². The van der Waals surface area contributed by atoms with Crippen LogP contribution in [0.25, 0.3) is 43.8 Å². The van der Waals surface area contributed by atoms with Crippen LogP contribution in [0.1, 0.15) is 82.9 Å². The van der Waals surface area contributed by atoms with Gasteiger partial charge in [-0.1, -0.05) is 130 Å². The number of aryl methyl sites for hydroxylation is 2. The van der Waals surface area contributed by atoms with Gasteiger partial charge in [0.05, 0.1) is 5.60 Å². The molecule has 0 aliphatic rings. The van der Waals surface area contributed by atoms with Crippen molar-refractivity contribution in [3.05, 3.63) is 147 Å². The molecule has 51 heavy (non-hydrogen) atoms. The standard InChI is InChI=1S/C26H33O.C18H17.2CH3.2ClH.Si.Zr/c1-20-19-22-15-12-17-24(21-13-8-7-9-14-21)25(22)23(20)16-10-5-6-11-18-27-26(2,3)4;1-13(2)16-11-15-9-6-10-17(18(15)12-16)14-7-4-3-5-8-14;;;;;;/h7-9,12-15,17,19H,5-6,10-11,16,18H2,1-4H3;3-13H,1-2H3;2*1H3;2*1H;;/q4*-1;;;;. The van der Waals surface area contributed by atoms with E-state index in [1.807, 2.05) is 0 Å². The van der Waals surface area contributed by atoms with Crippen molar-refractivity contribution in [2.45, 2.75) is 85.2 Å². The molecule has 274 valence electrons. The van der Waals surface area contributed by atoms with Crippen LogP contribution in [0.15, 0.2) is 115 Å². The Balaban J connectivity index is 0.000000917. The SMILES string of the molecule is CC(C)c1cc2c(-c3ccccc3)cccc2[cH-]1.Cc1[cH-]c2cccc(-c3ccccc3)c2c1CCCCCCOC(C)(C)C.Cl.Cl.[CH3-].[CH3-].[Si]=[Zr]. The van der Waals surface area contributed by atoms with E-state index in [0.717, 1.165) is 13.0 Å². The normalized spacial score (nSPS) is 10.4. The number of hydrogen-bond acceptors (Lipinski definition) is 1. The maximum atomic E-state index is 5.82. The van der Waals surface area contributed by atoms with Gasteiger partial charge in [-0.3, -0.25) is 0 Å². The summed E-state index contributed by atoms with van der Waals surface area (Å²) in [6.45, 7) is 17.1. The Morgan fingerprint density at radius 2 is 1.20 bits per heavy atom. The van der Waals surface area contributed by atoms with E-state index in [0.29, 0.717) is 5.92 Å². The molecule has 0 heterocycles. The second-order valence-electron chi connectivity index (χ2n) is 13.7. The van der Waals surface area contributed by atoms with Gasteiger partial charge >= 0.3 is 30.2 Å². The third-order valence-corrected chi connectivity index (χ3v) is 8.71. The fourth-order valence-electron chi connectivity index (χ4n) is 6.32. The molecule has 6 aromatic rings. The van der Waals surface area contributed by atoms with Gasteiger partial charge in [0.25, 0.3) is 0 Å². The molecule has 0 saturated carbocycles. The molecule has 6 rings (SSSR count). The Hall–Kier alpha value is -2.26. The van der Waals surface area contributed by atoms with Gasteiger partial charge in [0.1, 0.15) is 0 Å². The third-order valence-electron chi connectivity index (χ3n) is 8.71. The summed E-state index contributed by atoms with van der Waals surface area (Å²) in [6.07, 6.45) is 6.09. The van der Waals surface area contributed by atoms with Crippen molar-refractivity contribution in [1.29, 1.82) is 0 Å². The molecule has 2 radical (unpaired) electrons. The van der Waals surface area contributed by atoms with Crippen molar-refractivity contribution < 1.29 is 28.1 Å². The molecule has 0 bridgehead atoms. The van der Waals surface area contributed by atoms with Gasteiger partial charge < -0.3 is 19.6 Å². The van der Waals surface area contributed by atoms with Crippen molar-refractivity contribution in [3.8, 4) is 22.3 Å². The topological polar surface area (TPSA) is 9.23 Å². The van der Waals surface area contributed by atoms with Gasteiger partial charge in [0, 0.05) is 6.61 Å². The van der Waals surface area contributed by atoms with Crippen LogP contribution in [0.2, 0.25) is 0 Å². The van der Waals surface area contributed by atoms with Gasteiger partial charge in [-0.05, 0) is 44.2 Å². The molecule has 0 atom stereocenters. The molecule has 0 N–H and O–H groups in total. The van der Waals surface area contributed by atoms with Crippen LogP contribution in [-0.2, 0) is 34.5 Å². The molecule has 6 aromatic carbocycles. The summed E-state index contributed by atoms with van der Waals surface area (Å²) in [4.78, 5) is 0. The molecule has 0 aliphatic heterocycles. The van der Waals surface area contributed by atoms with E-state index in [9.17, 15) is 0 Å². The van der Waals surface area contributed by atoms with E-state index < -0.39 is 0 Å². The monoisotopic (exact) mass is 814 g/mol. The summed E-state index contributed by atoms with van der Waals surface area (Å²) in [5.74, 6) is 0.584. The first-order valence-electron chi connectivity index (χ1n) is 17.1. The number of rotatable bonds is 10. The molecule has 0 unspecified atom stereocenters. The Morgan fingerprint density at radius 1 is 0.667 bits per heavy atom. The Kier molecular flexibility index (Phi) is 23.1. The number of ether oxygens (including phenoxy) is 1. The zero-order chi connectivity index (χ0) is 33.8. The van der Waals surface area contributed by atoms with Gasteiger partial charge in [0.15, 0.2) is 0 Å². The second-order valence-corrected chi connectivity index (χ2v) is 13.7. The number of benzene rings is 4. The van der Waals surface area contributed by atoms with Crippen LogP contribution in [0.5, 0.6) is 0 Å². The van der Waals surface area contributed by atoms with Crippen molar-refractivity contribution in [1.82, 2.24) is 0 Å². The minimum atomic E-state index is -0.0147. The molecular formula is C46H58Cl2OSiZr-4. The zero-order valence-corrected chi connectivity index (χ0v) is 37.1. The first kappa shape index (κ1) is 48.7. The molecule has 0 aliphatic carbocycles. The molecular weight excluding hydrogens is 759 g/mol. The maximum absolute atomic E-state index is 5.82. The second kappa shape index (κ2) is 24.1. The quantitative estimate of drug-likeness (QED) is 0.0760. The molecule has 0 saturated heterocycles. The Labute approximate surface area is 339 Å². The van der Waals surface area contributed by atoms with Gasteiger partial charge in [-0.2, -0.15) is 6.07 Å². The predicted octanol–water partition coefficient (Wildman–Crippen LogP) is 14.2.